The van der Waals surface area contributed by atoms with Gasteiger partial charge < -0.3 is 10.0 Å². The summed E-state index contributed by atoms with van der Waals surface area (Å²) in [4.78, 5) is 21.2. The minimum absolute atomic E-state index is 0.00474. The number of hydrogen-bond acceptors (Lipinski definition) is 4. The predicted molar refractivity (Wildman–Crippen MR) is 120 cm³/mol. The number of aliphatic hydroxyl groups is 1. The minimum Gasteiger partial charge on any atom is -0.394 e. The van der Waals surface area contributed by atoms with Crippen molar-refractivity contribution in [2.24, 2.45) is 0 Å². The Bertz CT molecular complexity index is 1050. The van der Waals surface area contributed by atoms with Gasteiger partial charge in [-0.25, -0.2) is 0 Å². The van der Waals surface area contributed by atoms with Crippen molar-refractivity contribution >= 4 is 5.91 Å². The Morgan fingerprint density at radius 3 is 2.48 bits per heavy atom. The number of aliphatic hydroxyl groups excluding tert-OH is 1. The Morgan fingerprint density at radius 1 is 1.03 bits per heavy atom. The van der Waals surface area contributed by atoms with Crippen molar-refractivity contribution in [1.82, 2.24) is 14.8 Å². The van der Waals surface area contributed by atoms with Gasteiger partial charge in [-0.2, -0.15) is 0 Å². The van der Waals surface area contributed by atoms with Gasteiger partial charge in [-0.3, -0.25) is 14.7 Å². The third-order valence-corrected chi connectivity index (χ3v) is 6.64. The fraction of sp³-hybridized carbons (Fsp3) is 0.308. The van der Waals surface area contributed by atoms with Gasteiger partial charge in [0.15, 0.2) is 0 Å². The Balaban J connectivity index is 1.35. The second-order valence-corrected chi connectivity index (χ2v) is 8.66. The molecule has 2 aliphatic heterocycles. The van der Waals surface area contributed by atoms with E-state index < -0.39 is 0 Å². The van der Waals surface area contributed by atoms with Crippen LogP contribution in [0.2, 0.25) is 0 Å². The Hall–Kier alpha value is -3.02. The maximum atomic E-state index is 12.9. The third-order valence-electron chi connectivity index (χ3n) is 6.64. The van der Waals surface area contributed by atoms with Gasteiger partial charge in [0.05, 0.1) is 25.2 Å². The first kappa shape index (κ1) is 19.9. The molecule has 1 amide bonds. The van der Waals surface area contributed by atoms with Gasteiger partial charge in [0.1, 0.15) is 0 Å². The molecular weight excluding hydrogens is 386 g/mol. The highest BCUT2D eigenvalue weighted by Crippen LogP contribution is 2.43. The predicted octanol–water partition coefficient (Wildman–Crippen LogP) is 3.23. The lowest BCUT2D eigenvalue weighted by Gasteiger charge is -2.59. The number of hydrogen-bond donors (Lipinski definition) is 1. The van der Waals surface area contributed by atoms with E-state index in [-0.39, 0.29) is 30.5 Å². The number of carbonyl (C=O) groups excluding carboxylic acids is 1. The number of rotatable bonds is 5. The van der Waals surface area contributed by atoms with Crippen LogP contribution in [0.1, 0.15) is 22.6 Å². The van der Waals surface area contributed by atoms with Crippen LogP contribution in [-0.4, -0.2) is 57.6 Å². The van der Waals surface area contributed by atoms with Gasteiger partial charge in [0, 0.05) is 31.4 Å². The van der Waals surface area contributed by atoms with Crippen LogP contribution in [0.15, 0.2) is 73.1 Å². The van der Waals surface area contributed by atoms with E-state index in [9.17, 15) is 9.90 Å². The summed E-state index contributed by atoms with van der Waals surface area (Å²) in [6.45, 7) is 4.08. The SMILES string of the molecule is Cc1ccc(CN2CC(=O)N3[C@H](CO)[C@@H](c4ccc(-c5cccnc5)cc4)[C@H]3C2)cc1. The molecule has 31 heavy (non-hydrogen) atoms. The minimum atomic E-state index is -0.136. The molecule has 0 bridgehead atoms. The third kappa shape index (κ3) is 3.75. The first-order valence-electron chi connectivity index (χ1n) is 10.8. The molecule has 0 aliphatic carbocycles. The maximum Gasteiger partial charge on any atom is 0.237 e. The number of fused-ring (bicyclic) bond motifs is 1. The van der Waals surface area contributed by atoms with Gasteiger partial charge in [-0.15, -0.1) is 0 Å². The molecule has 5 heteroatoms. The Morgan fingerprint density at radius 2 is 1.81 bits per heavy atom. The molecule has 0 radical (unpaired) electrons. The van der Waals surface area contributed by atoms with Crippen molar-refractivity contribution in [2.45, 2.75) is 31.5 Å². The first-order chi connectivity index (χ1) is 15.1. The summed E-state index contributed by atoms with van der Waals surface area (Å²) < 4.78 is 0. The highest BCUT2D eigenvalue weighted by Gasteiger charge is 2.53. The van der Waals surface area contributed by atoms with Crippen LogP contribution >= 0.6 is 0 Å². The summed E-state index contributed by atoms with van der Waals surface area (Å²) >= 11 is 0. The average Bonchev–Trinajstić information content (AvgIpc) is 2.78. The van der Waals surface area contributed by atoms with E-state index in [1.165, 1.54) is 16.7 Å². The molecule has 2 aliphatic rings. The number of pyridine rings is 1. The second-order valence-electron chi connectivity index (χ2n) is 8.66. The number of amides is 1. The number of benzene rings is 2. The second kappa shape index (κ2) is 8.25. The molecule has 0 unspecified atom stereocenters. The molecule has 5 nitrogen and oxygen atoms in total. The highest BCUT2D eigenvalue weighted by molar-refractivity contribution is 5.81. The molecule has 2 saturated heterocycles. The van der Waals surface area contributed by atoms with E-state index in [1.807, 2.05) is 23.2 Å². The van der Waals surface area contributed by atoms with E-state index in [0.717, 1.165) is 24.2 Å². The van der Waals surface area contributed by atoms with Crippen LogP contribution in [0.5, 0.6) is 0 Å². The van der Waals surface area contributed by atoms with E-state index in [1.54, 1.807) is 6.20 Å². The molecular formula is C26H27N3O2. The summed E-state index contributed by atoms with van der Waals surface area (Å²) in [5.74, 6) is 0.267. The number of nitrogens with zero attached hydrogens (tertiary/aromatic N) is 3. The zero-order valence-electron chi connectivity index (χ0n) is 17.7. The van der Waals surface area contributed by atoms with Crippen LogP contribution in [0.25, 0.3) is 11.1 Å². The van der Waals surface area contributed by atoms with E-state index in [0.29, 0.717) is 6.54 Å². The molecule has 2 fully saturated rings. The molecule has 5 rings (SSSR count). The molecule has 3 atom stereocenters. The Labute approximate surface area is 183 Å². The number of aryl methyl sites for hydroxylation is 1. The molecule has 1 N–H and O–H groups in total. The van der Waals surface area contributed by atoms with Crippen molar-refractivity contribution in [2.75, 3.05) is 19.7 Å². The van der Waals surface area contributed by atoms with Crippen LogP contribution in [0.4, 0.5) is 0 Å². The topological polar surface area (TPSA) is 56.7 Å². The average molecular weight is 414 g/mol. The van der Waals surface area contributed by atoms with Gasteiger partial charge >= 0.3 is 0 Å². The van der Waals surface area contributed by atoms with Gasteiger partial charge in [0.2, 0.25) is 5.91 Å². The van der Waals surface area contributed by atoms with E-state index in [2.05, 4.69) is 65.3 Å². The van der Waals surface area contributed by atoms with Crippen molar-refractivity contribution in [1.29, 1.82) is 0 Å². The molecule has 158 valence electrons. The summed E-state index contributed by atoms with van der Waals surface area (Å²) in [5, 5.41) is 10.0. The molecule has 0 spiro atoms. The van der Waals surface area contributed by atoms with Gasteiger partial charge in [-0.05, 0) is 35.2 Å². The van der Waals surface area contributed by atoms with Crippen LogP contribution in [-0.2, 0) is 11.3 Å². The standard InChI is InChI=1S/C26H27N3O2/c1-18-4-6-19(7-5-18)14-28-15-23-26(24(17-30)29(23)25(31)16-28)21-10-8-20(9-11-21)22-3-2-12-27-13-22/h2-13,23-24,26,30H,14-17H2,1H3/t23-,24-,26+/m1/s1. The lowest BCUT2D eigenvalue weighted by molar-refractivity contribution is -0.162. The number of aromatic nitrogens is 1. The van der Waals surface area contributed by atoms with Crippen LogP contribution in [0, 0.1) is 6.92 Å². The number of carbonyl (C=O) groups is 1. The number of piperazine rings is 1. The van der Waals surface area contributed by atoms with Crippen molar-refractivity contribution < 1.29 is 9.90 Å². The normalized spacial score (nSPS) is 23.4. The fourth-order valence-corrected chi connectivity index (χ4v) is 5.07. The van der Waals surface area contributed by atoms with E-state index in [4.69, 9.17) is 0 Å². The summed E-state index contributed by atoms with van der Waals surface area (Å²) in [7, 11) is 0. The summed E-state index contributed by atoms with van der Waals surface area (Å²) in [6, 6.07) is 20.9. The molecule has 2 aromatic carbocycles. The van der Waals surface area contributed by atoms with Crippen molar-refractivity contribution in [3.8, 4) is 11.1 Å². The molecule has 0 saturated carbocycles. The molecule has 3 heterocycles. The van der Waals surface area contributed by atoms with Crippen molar-refractivity contribution in [3.05, 3.63) is 89.7 Å². The zero-order valence-corrected chi connectivity index (χ0v) is 17.7. The maximum absolute atomic E-state index is 12.9. The largest absolute Gasteiger partial charge is 0.394 e. The van der Waals surface area contributed by atoms with Gasteiger partial charge in [-0.1, -0.05) is 60.2 Å². The summed E-state index contributed by atoms with van der Waals surface area (Å²) in [6.07, 6.45) is 3.63. The molecule has 1 aromatic heterocycles. The lowest BCUT2D eigenvalue weighted by atomic mass is 9.73. The fourth-order valence-electron chi connectivity index (χ4n) is 5.07. The van der Waals surface area contributed by atoms with Crippen LogP contribution in [0.3, 0.4) is 0 Å². The smallest absolute Gasteiger partial charge is 0.237 e. The summed E-state index contributed by atoms with van der Waals surface area (Å²) in [5.41, 5.74) is 5.85. The zero-order chi connectivity index (χ0) is 21.4. The van der Waals surface area contributed by atoms with Crippen molar-refractivity contribution in [3.63, 3.8) is 0 Å². The Kier molecular flexibility index (Phi) is 5.30. The monoisotopic (exact) mass is 413 g/mol. The first-order valence-corrected chi connectivity index (χ1v) is 10.8. The quantitative estimate of drug-likeness (QED) is 0.698. The van der Waals surface area contributed by atoms with Crippen LogP contribution < -0.4 is 0 Å². The highest BCUT2D eigenvalue weighted by atomic mass is 16.3. The molecule has 3 aromatic rings. The van der Waals surface area contributed by atoms with Gasteiger partial charge in [0.25, 0.3) is 0 Å². The lowest BCUT2D eigenvalue weighted by Crippen LogP contribution is -2.72. The van der Waals surface area contributed by atoms with E-state index >= 15 is 0 Å².